The first-order chi connectivity index (χ1) is 34.9. The lowest BCUT2D eigenvalue weighted by Gasteiger charge is -2.33. The summed E-state index contributed by atoms with van der Waals surface area (Å²) in [7, 11) is 0. The predicted molar refractivity (Wildman–Crippen MR) is 282 cm³/mol. The number of carboxylic acid groups (broad SMARTS) is 2. The second-order valence-electron chi connectivity index (χ2n) is 21.8. The summed E-state index contributed by atoms with van der Waals surface area (Å²) < 4.78 is 10.8. The van der Waals surface area contributed by atoms with E-state index in [9.17, 15) is 53.4 Å². The number of ether oxygens (including phenoxy) is 2. The van der Waals surface area contributed by atoms with Crippen LogP contribution in [0.1, 0.15) is 202 Å². The minimum Gasteiger partial charge on any atom is -0.481 e. The Balaban J connectivity index is 2.25. The maximum atomic E-state index is 13.5. The molecule has 0 unspecified atom stereocenters. The molecule has 422 valence electrons. The number of aliphatic carboxylic acids is 2. The van der Waals surface area contributed by atoms with Crippen LogP contribution in [0.3, 0.4) is 0 Å². The van der Waals surface area contributed by atoms with E-state index in [4.69, 9.17) is 15.2 Å². The van der Waals surface area contributed by atoms with Gasteiger partial charge < -0.3 is 46.4 Å². The highest BCUT2D eigenvalue weighted by atomic mass is 16.5. The molecule has 1 aromatic rings. The Morgan fingerprint density at radius 3 is 1.74 bits per heavy atom. The quantitative estimate of drug-likeness (QED) is 0.0319. The zero-order valence-electron chi connectivity index (χ0n) is 46.0. The molecule has 0 saturated carbocycles. The van der Waals surface area contributed by atoms with E-state index in [2.05, 4.69) is 32.8 Å². The third-order valence-corrected chi connectivity index (χ3v) is 13.5. The molecule has 3 atom stereocenters. The maximum absolute atomic E-state index is 13.5. The fourth-order valence-corrected chi connectivity index (χ4v) is 8.33. The monoisotopic (exact) mass is 1050 g/mol. The van der Waals surface area contributed by atoms with Crippen molar-refractivity contribution in [2.75, 3.05) is 39.5 Å². The number of hydrogen-bond acceptors (Lipinski definition) is 13. The Hall–Kier alpha value is -4.88. The van der Waals surface area contributed by atoms with Crippen LogP contribution < -0.4 is 21.7 Å². The first-order valence-electron chi connectivity index (χ1n) is 27.2. The number of rotatable bonds is 47. The van der Waals surface area contributed by atoms with Gasteiger partial charge in [0.1, 0.15) is 24.0 Å². The summed E-state index contributed by atoms with van der Waals surface area (Å²) in [5.41, 5.74) is 2.94. The predicted octanol–water partition coefficient (Wildman–Crippen LogP) is 7.16. The van der Waals surface area contributed by atoms with Crippen molar-refractivity contribution in [2.45, 2.75) is 214 Å². The van der Waals surface area contributed by atoms with Gasteiger partial charge in [-0.3, -0.25) is 43.2 Å². The number of H-pyrrole nitrogens is 1. The number of ketones is 4. The molecular weight excluding hydrogens is 953 g/mol. The third-order valence-electron chi connectivity index (χ3n) is 13.5. The molecule has 0 fully saturated rings. The van der Waals surface area contributed by atoms with Gasteiger partial charge in [-0.15, -0.1) is 0 Å². The van der Waals surface area contributed by atoms with E-state index < -0.39 is 63.7 Å². The number of carboxylic acids is 2. The molecule has 3 amide bonds. The SMILES string of the molecule is CCCCCCCCCCCCCCCC(=O)C[C@@H](CCC(=O)NCCOCCOCC(=O)NCCCC[C@H](CC(=O)C(C)(C)CC(=O)C(C)(C)CC(=O)C(C)(C)NC(=O)[C@@H](N)Cc1cnc[nH]1)C(=O)O)C(=O)O. The number of carbonyl (C=O) groups excluding carboxylic acids is 7. The van der Waals surface area contributed by atoms with Crippen molar-refractivity contribution < 1.29 is 62.8 Å². The molecule has 8 N–H and O–H groups in total. The third kappa shape index (κ3) is 30.5. The van der Waals surface area contributed by atoms with Crippen molar-refractivity contribution >= 4 is 52.8 Å². The highest BCUT2D eigenvalue weighted by Crippen LogP contribution is 2.34. The molecule has 19 heteroatoms. The standard InChI is InChI=1S/C55H94N6O13/c1-8-9-10-11-12-13-14-15-16-17-18-19-20-24-43(62)32-41(52(71)72)25-26-48(66)59-28-29-73-30-31-74-38-49(67)58-27-22-21-23-40(51(69)70)33-45(63)53(2,3)35-46(64)54(4,5)36-47(65)55(6,7)61-50(68)44(56)34-42-37-57-39-60-42/h37,39-41,44H,8-36,38,56H2,1-7H3,(H,57,60)(H,58,67)(H,59,66)(H,61,68)(H,69,70)(H,71,72)/t40-,41-,44+/m1/s1. The Labute approximate surface area is 440 Å². The fourth-order valence-electron chi connectivity index (χ4n) is 8.33. The van der Waals surface area contributed by atoms with Gasteiger partial charge in [0.05, 0.1) is 49.6 Å². The van der Waals surface area contributed by atoms with Gasteiger partial charge in [-0.2, -0.15) is 0 Å². The lowest BCUT2D eigenvalue weighted by Crippen LogP contribution is -2.56. The number of aromatic nitrogens is 2. The number of nitrogens with one attached hydrogen (secondary N) is 4. The van der Waals surface area contributed by atoms with E-state index in [0.29, 0.717) is 25.0 Å². The Kier molecular flexibility index (Phi) is 33.5. The zero-order chi connectivity index (χ0) is 55.6. The molecule has 1 aromatic heterocycles. The molecule has 0 radical (unpaired) electrons. The van der Waals surface area contributed by atoms with E-state index in [1.807, 2.05) is 0 Å². The largest absolute Gasteiger partial charge is 0.481 e. The summed E-state index contributed by atoms with van der Waals surface area (Å²) in [6, 6.07) is -0.941. The number of hydrogen-bond donors (Lipinski definition) is 7. The van der Waals surface area contributed by atoms with E-state index in [0.717, 1.165) is 25.7 Å². The highest BCUT2D eigenvalue weighted by molar-refractivity contribution is 5.99. The molecule has 0 saturated heterocycles. The van der Waals surface area contributed by atoms with E-state index in [-0.39, 0.29) is 114 Å². The van der Waals surface area contributed by atoms with Gasteiger partial charge in [0.2, 0.25) is 17.7 Å². The van der Waals surface area contributed by atoms with Gasteiger partial charge >= 0.3 is 11.9 Å². The van der Waals surface area contributed by atoms with Crippen molar-refractivity contribution in [1.29, 1.82) is 0 Å². The van der Waals surface area contributed by atoms with Gasteiger partial charge in [0, 0.05) is 80.8 Å². The molecule has 1 heterocycles. The lowest BCUT2D eigenvalue weighted by molar-refractivity contribution is -0.146. The lowest BCUT2D eigenvalue weighted by atomic mass is 9.71. The van der Waals surface area contributed by atoms with Crippen LogP contribution in [0.2, 0.25) is 0 Å². The molecule has 1 rings (SSSR count). The van der Waals surface area contributed by atoms with Crippen LogP contribution in [-0.2, 0) is 59.0 Å². The summed E-state index contributed by atoms with van der Waals surface area (Å²) >= 11 is 0. The normalized spacial score (nSPS) is 13.1. The van der Waals surface area contributed by atoms with E-state index in [1.54, 1.807) is 33.9 Å². The fraction of sp³-hybridized carbons (Fsp3) is 0.782. The van der Waals surface area contributed by atoms with Gasteiger partial charge in [-0.25, -0.2) is 4.98 Å². The number of aromatic amines is 1. The van der Waals surface area contributed by atoms with Crippen molar-refractivity contribution in [2.24, 2.45) is 28.4 Å². The molecule has 0 aliphatic heterocycles. The number of imidazole rings is 1. The zero-order valence-corrected chi connectivity index (χ0v) is 46.0. The average Bonchev–Trinajstić information content (AvgIpc) is 3.84. The van der Waals surface area contributed by atoms with Gasteiger partial charge in [0.25, 0.3) is 0 Å². The summed E-state index contributed by atoms with van der Waals surface area (Å²) in [5.74, 6) is -6.63. The highest BCUT2D eigenvalue weighted by Gasteiger charge is 2.41. The first kappa shape index (κ1) is 67.1. The van der Waals surface area contributed by atoms with E-state index >= 15 is 0 Å². The van der Waals surface area contributed by atoms with E-state index in [1.165, 1.54) is 78.0 Å². The Morgan fingerprint density at radius 2 is 1.16 bits per heavy atom. The van der Waals surface area contributed by atoms with Gasteiger partial charge in [0.15, 0.2) is 5.78 Å². The number of Topliss-reactive ketones (excluding diaryl/α,β-unsaturated/α-hetero) is 4. The van der Waals surface area contributed by atoms with Crippen LogP contribution >= 0.6 is 0 Å². The number of nitrogens with zero attached hydrogens (tertiary/aromatic N) is 1. The van der Waals surface area contributed by atoms with Crippen molar-refractivity contribution in [3.63, 3.8) is 0 Å². The second-order valence-corrected chi connectivity index (χ2v) is 21.8. The number of carbonyl (C=O) groups is 9. The molecule has 0 aliphatic rings. The summed E-state index contributed by atoms with van der Waals surface area (Å²) in [5, 5.41) is 27.6. The van der Waals surface area contributed by atoms with Gasteiger partial charge in [-0.1, -0.05) is 118 Å². The molecule has 0 aromatic carbocycles. The smallest absolute Gasteiger partial charge is 0.306 e. The molecule has 19 nitrogen and oxygen atoms in total. The van der Waals surface area contributed by atoms with Crippen LogP contribution in [0.4, 0.5) is 0 Å². The molecule has 0 bridgehead atoms. The summed E-state index contributed by atoms with van der Waals surface area (Å²) in [4.78, 5) is 121. The van der Waals surface area contributed by atoms with Crippen LogP contribution in [0.25, 0.3) is 0 Å². The van der Waals surface area contributed by atoms with Crippen LogP contribution in [0.5, 0.6) is 0 Å². The van der Waals surface area contributed by atoms with Crippen LogP contribution in [-0.4, -0.2) is 124 Å². The van der Waals surface area contributed by atoms with Crippen LogP contribution in [0.15, 0.2) is 12.5 Å². The van der Waals surface area contributed by atoms with Crippen LogP contribution in [0, 0.1) is 22.7 Å². The number of nitrogens with two attached hydrogens (primary N) is 1. The number of unbranched alkanes of at least 4 members (excludes halogenated alkanes) is 13. The van der Waals surface area contributed by atoms with Gasteiger partial charge in [-0.05, 0) is 39.5 Å². The maximum Gasteiger partial charge on any atom is 0.306 e. The second kappa shape index (κ2) is 37.0. The van der Waals surface area contributed by atoms with Crippen molar-refractivity contribution in [3.05, 3.63) is 18.2 Å². The first-order valence-corrected chi connectivity index (χ1v) is 27.2. The van der Waals surface area contributed by atoms with Crippen molar-refractivity contribution in [1.82, 2.24) is 25.9 Å². The number of amides is 3. The Bertz CT molecular complexity index is 1870. The minimum absolute atomic E-state index is 0.0223. The Morgan fingerprint density at radius 1 is 0.622 bits per heavy atom. The topological polar surface area (TPSA) is 303 Å². The molecule has 0 spiro atoms. The summed E-state index contributed by atoms with van der Waals surface area (Å²) in [6.45, 7) is 12.3. The summed E-state index contributed by atoms with van der Waals surface area (Å²) in [6.07, 6.45) is 19.5. The molecule has 0 aliphatic carbocycles. The average molecular weight is 1050 g/mol. The molecular formula is C55H94N6O13. The molecule has 74 heavy (non-hydrogen) atoms. The minimum atomic E-state index is -1.34. The van der Waals surface area contributed by atoms with Crippen molar-refractivity contribution in [3.8, 4) is 0 Å².